The van der Waals surface area contributed by atoms with E-state index < -0.39 is 17.5 Å². The van der Waals surface area contributed by atoms with Crippen LogP contribution in [0.25, 0.3) is 10.9 Å². The predicted molar refractivity (Wildman–Crippen MR) is 154 cm³/mol. The second-order valence-electron chi connectivity index (χ2n) is 10.2. The van der Waals surface area contributed by atoms with Gasteiger partial charge in [0.1, 0.15) is 17.3 Å². The molecule has 228 valence electrons. The maximum Gasteiger partial charge on any atom is 0.258 e. The van der Waals surface area contributed by atoms with Crippen molar-refractivity contribution < 1.29 is 33.3 Å². The van der Waals surface area contributed by atoms with Crippen molar-refractivity contribution in [2.75, 3.05) is 65.9 Å². The molecule has 0 aliphatic carbocycles. The number of nitrogens with zero attached hydrogens (tertiary/aromatic N) is 3. The number of amides is 3. The van der Waals surface area contributed by atoms with Crippen molar-refractivity contribution in [3.05, 3.63) is 36.0 Å². The highest BCUT2D eigenvalue weighted by atomic mass is 16.5. The summed E-state index contributed by atoms with van der Waals surface area (Å²) in [6, 6.07) is 8.23. The van der Waals surface area contributed by atoms with E-state index in [4.69, 9.17) is 24.7 Å². The topological polar surface area (TPSA) is 178 Å². The molecule has 1 aromatic heterocycles. The smallest absolute Gasteiger partial charge is 0.258 e. The molecule has 13 heteroatoms. The third kappa shape index (κ3) is 9.63. The van der Waals surface area contributed by atoms with E-state index in [9.17, 15) is 19.6 Å². The van der Waals surface area contributed by atoms with Gasteiger partial charge in [-0.3, -0.25) is 19.4 Å². The Labute approximate surface area is 245 Å². The van der Waals surface area contributed by atoms with Crippen molar-refractivity contribution in [2.45, 2.75) is 38.3 Å². The highest BCUT2D eigenvalue weighted by molar-refractivity contribution is 6.08. The summed E-state index contributed by atoms with van der Waals surface area (Å²) in [4.78, 5) is 44.3. The van der Waals surface area contributed by atoms with Crippen LogP contribution < -0.4 is 21.1 Å². The van der Waals surface area contributed by atoms with Crippen LogP contribution in [0.4, 0.5) is 0 Å². The van der Waals surface area contributed by atoms with Crippen LogP contribution in [0.5, 0.6) is 5.75 Å². The van der Waals surface area contributed by atoms with Gasteiger partial charge in [0.05, 0.1) is 56.8 Å². The first-order valence-corrected chi connectivity index (χ1v) is 14.0. The Bertz CT molecular complexity index is 1250. The molecule has 0 spiro atoms. The Morgan fingerprint density at radius 1 is 1.10 bits per heavy atom. The van der Waals surface area contributed by atoms with Gasteiger partial charge in [0.2, 0.25) is 5.91 Å². The fraction of sp³-hybridized carbons (Fsp3) is 0.552. The Balaban J connectivity index is 1.44. The summed E-state index contributed by atoms with van der Waals surface area (Å²) in [5.74, 6) is -0.630. The summed E-state index contributed by atoms with van der Waals surface area (Å²) in [5, 5.41) is 15.4. The number of benzene rings is 1. The molecule has 1 atom stereocenters. The molecule has 2 heterocycles. The van der Waals surface area contributed by atoms with Gasteiger partial charge >= 0.3 is 0 Å². The number of hydrogen-bond donors (Lipinski definition) is 3. The molecule has 4 N–H and O–H groups in total. The number of likely N-dealkylation sites (tertiary alicyclic amines) is 1. The molecular weight excluding hydrogens is 544 g/mol. The molecule has 1 saturated heterocycles. The van der Waals surface area contributed by atoms with Gasteiger partial charge in [0.25, 0.3) is 11.8 Å². The zero-order chi connectivity index (χ0) is 30.4. The van der Waals surface area contributed by atoms with E-state index in [1.807, 2.05) is 0 Å². The highest BCUT2D eigenvalue weighted by Gasteiger charge is 2.39. The summed E-state index contributed by atoms with van der Waals surface area (Å²) >= 11 is 0. The van der Waals surface area contributed by atoms with E-state index in [0.717, 1.165) is 6.42 Å². The van der Waals surface area contributed by atoms with Gasteiger partial charge in [0, 0.05) is 37.3 Å². The van der Waals surface area contributed by atoms with Crippen LogP contribution in [0.3, 0.4) is 0 Å². The molecule has 1 fully saturated rings. The standard InChI is InChI=1S/C29H40N6O7/c1-29(2,28(38)35-11-3-4-21(35)19-31)34-27(37)24-7-9-32-25-18-22(5-6-23(24)25)42-20-26(36)33-10-13-40-15-17-41-16-14-39-12-8-30/h5-7,9,18,21H,3-4,8,10-17,20,30H2,1-2H3,(H,33,36)(H,34,37)/t21-/m0/s1. The molecule has 3 rings (SSSR count). The summed E-state index contributed by atoms with van der Waals surface area (Å²) in [6.45, 7) is 7.00. The van der Waals surface area contributed by atoms with Crippen LogP contribution in [0.2, 0.25) is 0 Å². The van der Waals surface area contributed by atoms with Crippen molar-refractivity contribution in [1.82, 2.24) is 20.5 Å². The minimum Gasteiger partial charge on any atom is -0.484 e. The number of nitriles is 1. The van der Waals surface area contributed by atoms with Crippen LogP contribution in [-0.4, -0.2) is 105 Å². The molecule has 1 aromatic carbocycles. The quantitative estimate of drug-likeness (QED) is 0.225. The Hall–Kier alpha value is -3.83. The summed E-state index contributed by atoms with van der Waals surface area (Å²) in [6.07, 6.45) is 2.88. The summed E-state index contributed by atoms with van der Waals surface area (Å²) < 4.78 is 21.6. The van der Waals surface area contributed by atoms with Gasteiger partial charge in [-0.15, -0.1) is 0 Å². The second kappa shape index (κ2) is 16.6. The number of aromatic nitrogens is 1. The fourth-order valence-corrected chi connectivity index (χ4v) is 4.41. The molecule has 0 bridgehead atoms. The van der Waals surface area contributed by atoms with E-state index >= 15 is 0 Å². The monoisotopic (exact) mass is 584 g/mol. The number of carbonyl (C=O) groups is 3. The van der Waals surface area contributed by atoms with E-state index in [0.29, 0.717) is 87.9 Å². The Morgan fingerprint density at radius 3 is 2.52 bits per heavy atom. The van der Waals surface area contributed by atoms with Crippen LogP contribution in [0.15, 0.2) is 30.5 Å². The minimum atomic E-state index is -1.21. The van der Waals surface area contributed by atoms with Crippen LogP contribution in [0.1, 0.15) is 37.0 Å². The molecule has 2 aromatic rings. The molecule has 0 saturated carbocycles. The van der Waals surface area contributed by atoms with Gasteiger partial charge in [-0.2, -0.15) is 5.26 Å². The van der Waals surface area contributed by atoms with Crippen LogP contribution >= 0.6 is 0 Å². The van der Waals surface area contributed by atoms with E-state index in [2.05, 4.69) is 21.7 Å². The number of nitrogens with one attached hydrogen (secondary N) is 2. The number of pyridine rings is 1. The van der Waals surface area contributed by atoms with Crippen LogP contribution in [-0.2, 0) is 23.8 Å². The van der Waals surface area contributed by atoms with E-state index in [1.54, 1.807) is 38.1 Å². The van der Waals surface area contributed by atoms with Crippen molar-refractivity contribution in [1.29, 1.82) is 5.26 Å². The molecule has 1 aliphatic heterocycles. The van der Waals surface area contributed by atoms with E-state index in [-0.39, 0.29) is 18.4 Å². The van der Waals surface area contributed by atoms with E-state index in [1.165, 1.54) is 11.1 Å². The van der Waals surface area contributed by atoms with Crippen molar-refractivity contribution >= 4 is 28.6 Å². The summed E-state index contributed by atoms with van der Waals surface area (Å²) in [7, 11) is 0. The fourth-order valence-electron chi connectivity index (χ4n) is 4.41. The lowest BCUT2D eigenvalue weighted by molar-refractivity contribution is -0.136. The average molecular weight is 585 g/mol. The maximum absolute atomic E-state index is 13.2. The first kappa shape index (κ1) is 32.7. The Morgan fingerprint density at radius 2 is 1.81 bits per heavy atom. The largest absolute Gasteiger partial charge is 0.484 e. The lowest BCUT2D eigenvalue weighted by Gasteiger charge is -2.31. The van der Waals surface area contributed by atoms with Crippen molar-refractivity contribution in [2.24, 2.45) is 5.73 Å². The van der Waals surface area contributed by atoms with Gasteiger partial charge in [0.15, 0.2) is 6.61 Å². The average Bonchev–Trinajstić information content (AvgIpc) is 3.46. The normalized spacial score (nSPS) is 14.9. The number of nitrogens with two attached hydrogens (primary N) is 1. The molecular formula is C29H40N6O7. The van der Waals surface area contributed by atoms with Gasteiger partial charge in [-0.1, -0.05) is 0 Å². The predicted octanol–water partition coefficient (Wildman–Crippen LogP) is 0.761. The first-order valence-electron chi connectivity index (χ1n) is 14.0. The molecule has 42 heavy (non-hydrogen) atoms. The van der Waals surface area contributed by atoms with Gasteiger partial charge in [-0.05, 0) is 44.9 Å². The highest BCUT2D eigenvalue weighted by Crippen LogP contribution is 2.24. The number of fused-ring (bicyclic) bond motifs is 1. The third-order valence-corrected chi connectivity index (χ3v) is 6.53. The first-order chi connectivity index (χ1) is 20.3. The lowest BCUT2D eigenvalue weighted by Crippen LogP contribution is -2.56. The maximum atomic E-state index is 13.2. The molecule has 3 amide bonds. The van der Waals surface area contributed by atoms with Crippen molar-refractivity contribution in [3.63, 3.8) is 0 Å². The zero-order valence-corrected chi connectivity index (χ0v) is 24.2. The Kier molecular flexibility index (Phi) is 12.9. The summed E-state index contributed by atoms with van der Waals surface area (Å²) in [5.41, 5.74) is 4.96. The number of hydrogen-bond acceptors (Lipinski definition) is 10. The minimum absolute atomic E-state index is 0.200. The second-order valence-corrected chi connectivity index (χ2v) is 10.2. The van der Waals surface area contributed by atoms with Crippen molar-refractivity contribution in [3.8, 4) is 11.8 Å². The van der Waals surface area contributed by atoms with Gasteiger partial charge in [-0.25, -0.2) is 0 Å². The molecule has 0 unspecified atom stereocenters. The zero-order valence-electron chi connectivity index (χ0n) is 24.2. The number of ether oxygens (including phenoxy) is 4. The van der Waals surface area contributed by atoms with Crippen LogP contribution in [0, 0.1) is 11.3 Å². The van der Waals surface area contributed by atoms with Gasteiger partial charge < -0.3 is 40.2 Å². The number of carbonyl (C=O) groups excluding carboxylic acids is 3. The third-order valence-electron chi connectivity index (χ3n) is 6.53. The number of rotatable bonds is 17. The molecule has 1 aliphatic rings. The lowest BCUT2D eigenvalue weighted by atomic mass is 10.0. The SMILES string of the molecule is CC(C)(NC(=O)c1ccnc2cc(OCC(=O)NCCOCCOCCOCCN)ccc12)C(=O)N1CCC[C@H]1C#N. The molecule has 13 nitrogen and oxygen atoms in total. The molecule has 0 radical (unpaired) electrons.